The van der Waals surface area contributed by atoms with Gasteiger partial charge in [0.2, 0.25) is 6.41 Å². The Labute approximate surface area is 161 Å². The first-order valence-electron chi connectivity index (χ1n) is 8.36. The lowest BCUT2D eigenvalue weighted by molar-refractivity contribution is -0.144. The topological polar surface area (TPSA) is 211 Å². The second-order valence-electron chi connectivity index (χ2n) is 6.04. The van der Waals surface area contributed by atoms with Crippen LogP contribution in [0.5, 0.6) is 0 Å². The van der Waals surface area contributed by atoms with Gasteiger partial charge in [-0.05, 0) is 19.9 Å². The maximum absolute atomic E-state index is 11.8. The van der Waals surface area contributed by atoms with Crippen LogP contribution in [0.25, 0.3) is 0 Å². The molecule has 0 spiro atoms. The summed E-state index contributed by atoms with van der Waals surface area (Å²) in [5.74, 6) is -0.726. The van der Waals surface area contributed by atoms with Crippen molar-refractivity contribution < 1.29 is 22.6 Å². The third kappa shape index (κ3) is 4.93. The molecule has 1 aliphatic rings. The van der Waals surface area contributed by atoms with Crippen molar-refractivity contribution in [3.8, 4) is 0 Å². The van der Waals surface area contributed by atoms with Gasteiger partial charge in [0.1, 0.15) is 17.8 Å². The molecule has 0 radical (unpaired) electrons. The van der Waals surface area contributed by atoms with Gasteiger partial charge in [-0.25, -0.2) is 4.31 Å². The fourth-order valence-electron chi connectivity index (χ4n) is 2.64. The molecule has 1 saturated heterocycles. The third-order valence-corrected chi connectivity index (χ3v) is 4.97. The number of rotatable bonds is 10. The summed E-state index contributed by atoms with van der Waals surface area (Å²) in [7, 11) is -4.77. The molecular formula is C13H23N9O5S. The standard InChI is InChI=1S/C13H23N9O5S/c1-8(19-13(15)16-4-2-3-14)9-5-18-21(20-9)6-10-11(17-7-23)12(24)22(10)28(25,26)27/h5,7-8,10-11H,2-4,6,14H2,1H3,(H,17,23)(H3,15,16,19)(H,25,26,27). The van der Waals surface area contributed by atoms with Gasteiger partial charge in [-0.1, -0.05) is 0 Å². The second kappa shape index (κ2) is 8.94. The number of amides is 2. The molecule has 1 fully saturated rings. The predicted octanol–water partition coefficient (Wildman–Crippen LogP) is -3.28. The summed E-state index contributed by atoms with van der Waals surface area (Å²) in [6.45, 7) is 2.60. The highest BCUT2D eigenvalue weighted by molar-refractivity contribution is 7.84. The first kappa shape index (κ1) is 21.5. The Bertz CT molecular complexity index is 839. The number of nitrogens with one attached hydrogen (secondary N) is 2. The van der Waals surface area contributed by atoms with E-state index in [0.717, 1.165) is 4.80 Å². The van der Waals surface area contributed by atoms with Crippen LogP contribution in [0.15, 0.2) is 11.2 Å². The zero-order valence-electron chi connectivity index (χ0n) is 15.1. The van der Waals surface area contributed by atoms with E-state index in [9.17, 15) is 22.6 Å². The Balaban J connectivity index is 2.05. The van der Waals surface area contributed by atoms with E-state index in [2.05, 4.69) is 25.8 Å². The van der Waals surface area contributed by atoms with Crippen LogP contribution in [0.2, 0.25) is 0 Å². The van der Waals surface area contributed by atoms with Gasteiger partial charge >= 0.3 is 10.3 Å². The molecule has 1 aromatic rings. The molecular weight excluding hydrogens is 394 g/mol. The molecule has 28 heavy (non-hydrogen) atoms. The van der Waals surface area contributed by atoms with Crippen LogP contribution < -0.4 is 22.1 Å². The molecule has 0 saturated carbocycles. The molecule has 3 atom stereocenters. The van der Waals surface area contributed by atoms with Gasteiger partial charge in [0.05, 0.1) is 18.8 Å². The molecule has 2 amide bonds. The molecule has 3 unspecified atom stereocenters. The highest BCUT2D eigenvalue weighted by Gasteiger charge is 2.53. The zero-order valence-corrected chi connectivity index (χ0v) is 15.9. The first-order valence-corrected chi connectivity index (χ1v) is 9.75. The van der Waals surface area contributed by atoms with Crippen LogP contribution in [-0.2, 0) is 26.4 Å². The molecule has 156 valence electrons. The molecule has 2 rings (SSSR count). The van der Waals surface area contributed by atoms with Gasteiger partial charge in [0, 0.05) is 6.54 Å². The Kier molecular flexibility index (Phi) is 6.87. The number of aromatic nitrogens is 3. The highest BCUT2D eigenvalue weighted by atomic mass is 32.2. The molecule has 1 aliphatic heterocycles. The minimum atomic E-state index is -4.77. The summed E-state index contributed by atoms with van der Waals surface area (Å²) in [4.78, 5) is 27.7. The van der Waals surface area contributed by atoms with Gasteiger partial charge in [-0.2, -0.15) is 23.4 Å². The Morgan fingerprint density at radius 2 is 2.25 bits per heavy atom. The van der Waals surface area contributed by atoms with E-state index < -0.39 is 28.3 Å². The summed E-state index contributed by atoms with van der Waals surface area (Å²) in [6, 6.07) is -2.51. The summed E-state index contributed by atoms with van der Waals surface area (Å²) in [6.07, 6.45) is 2.41. The smallest absolute Gasteiger partial charge is 0.362 e. The number of nitrogens with two attached hydrogens (primary N) is 2. The molecule has 0 aromatic carbocycles. The lowest BCUT2D eigenvalue weighted by Crippen LogP contribution is -2.72. The van der Waals surface area contributed by atoms with E-state index in [1.807, 2.05) is 0 Å². The van der Waals surface area contributed by atoms with Crippen molar-refractivity contribution in [3.63, 3.8) is 0 Å². The van der Waals surface area contributed by atoms with E-state index in [1.54, 1.807) is 6.92 Å². The average Bonchev–Trinajstić information content (AvgIpc) is 3.07. The largest absolute Gasteiger partial charge is 0.370 e. The third-order valence-electron chi connectivity index (χ3n) is 4.02. The highest BCUT2D eigenvalue weighted by Crippen LogP contribution is 2.24. The maximum atomic E-state index is 11.8. The number of guanidine groups is 1. The van der Waals surface area contributed by atoms with Crippen molar-refractivity contribution in [1.29, 1.82) is 0 Å². The van der Waals surface area contributed by atoms with E-state index in [1.165, 1.54) is 6.20 Å². The molecule has 7 N–H and O–H groups in total. The SMILES string of the molecule is CC(NC(N)=NCCCN)c1cnn(CC2C(NC=O)C(=O)N2S(=O)(=O)O)n1. The number of aliphatic imine (C=N–C) groups is 1. The minimum Gasteiger partial charge on any atom is -0.370 e. The molecule has 15 heteroatoms. The van der Waals surface area contributed by atoms with E-state index in [4.69, 9.17) is 11.5 Å². The van der Waals surface area contributed by atoms with Crippen molar-refractivity contribution in [3.05, 3.63) is 11.9 Å². The molecule has 0 aliphatic carbocycles. The Hall–Kier alpha value is -2.78. The number of carbonyl (C=O) groups is 2. The summed E-state index contributed by atoms with van der Waals surface area (Å²) in [5.41, 5.74) is 11.6. The average molecular weight is 417 g/mol. The van der Waals surface area contributed by atoms with Gasteiger partial charge in [-0.15, -0.1) is 0 Å². The minimum absolute atomic E-state index is 0.163. The predicted molar refractivity (Wildman–Crippen MR) is 96.9 cm³/mol. The molecule has 1 aromatic heterocycles. The van der Waals surface area contributed by atoms with Gasteiger partial charge in [0.25, 0.3) is 5.91 Å². The van der Waals surface area contributed by atoms with Crippen LogP contribution in [0.4, 0.5) is 0 Å². The van der Waals surface area contributed by atoms with Crippen LogP contribution in [0.1, 0.15) is 25.1 Å². The molecule has 0 bridgehead atoms. The Morgan fingerprint density at radius 1 is 1.54 bits per heavy atom. The van der Waals surface area contributed by atoms with Crippen molar-refractivity contribution >= 4 is 28.6 Å². The fourth-order valence-corrected chi connectivity index (χ4v) is 3.51. The monoisotopic (exact) mass is 417 g/mol. The summed E-state index contributed by atoms with van der Waals surface area (Å²) >= 11 is 0. The number of hydrogen-bond donors (Lipinski definition) is 5. The van der Waals surface area contributed by atoms with Crippen LogP contribution in [0.3, 0.4) is 0 Å². The van der Waals surface area contributed by atoms with Gasteiger partial charge in [0.15, 0.2) is 5.96 Å². The van der Waals surface area contributed by atoms with E-state index in [0.29, 0.717) is 25.2 Å². The summed E-state index contributed by atoms with van der Waals surface area (Å²) < 4.78 is 32.2. The van der Waals surface area contributed by atoms with Gasteiger partial charge in [-0.3, -0.25) is 19.1 Å². The first-order chi connectivity index (χ1) is 13.2. The maximum Gasteiger partial charge on any atom is 0.362 e. The van der Waals surface area contributed by atoms with Crippen LogP contribution in [-0.4, -0.2) is 75.7 Å². The summed E-state index contributed by atoms with van der Waals surface area (Å²) in [5, 5.41) is 13.4. The van der Waals surface area contributed by atoms with Crippen LogP contribution >= 0.6 is 0 Å². The van der Waals surface area contributed by atoms with E-state index in [-0.39, 0.29) is 29.3 Å². The van der Waals surface area contributed by atoms with Crippen molar-refractivity contribution in [2.75, 3.05) is 13.1 Å². The number of β-lactam (4-membered cyclic amide) rings is 1. The molecule has 14 nitrogen and oxygen atoms in total. The van der Waals surface area contributed by atoms with E-state index >= 15 is 0 Å². The van der Waals surface area contributed by atoms with Crippen molar-refractivity contribution in [2.24, 2.45) is 16.5 Å². The fraction of sp³-hybridized carbons (Fsp3) is 0.615. The number of nitrogens with zero attached hydrogens (tertiary/aromatic N) is 5. The van der Waals surface area contributed by atoms with Crippen molar-refractivity contribution in [1.82, 2.24) is 29.9 Å². The van der Waals surface area contributed by atoms with Crippen LogP contribution in [0, 0.1) is 0 Å². The second-order valence-corrected chi connectivity index (χ2v) is 7.33. The van der Waals surface area contributed by atoms with Gasteiger partial charge < -0.3 is 22.1 Å². The lowest BCUT2D eigenvalue weighted by Gasteiger charge is -2.43. The number of hydrogen-bond acceptors (Lipinski definition) is 8. The quantitative estimate of drug-likeness (QED) is 0.0639. The number of carbonyl (C=O) groups excluding carboxylic acids is 2. The lowest BCUT2D eigenvalue weighted by atomic mass is 9.99. The van der Waals surface area contributed by atoms with Crippen molar-refractivity contribution in [2.45, 2.75) is 38.0 Å². The molecule has 2 heterocycles. The Morgan fingerprint density at radius 3 is 2.86 bits per heavy atom. The normalized spacial score (nSPS) is 21.2. The zero-order chi connectivity index (χ0) is 20.9.